The van der Waals surface area contributed by atoms with Crippen molar-refractivity contribution in [3.63, 3.8) is 0 Å². The number of aromatic hydroxyl groups is 1. The van der Waals surface area contributed by atoms with Gasteiger partial charge in [0.25, 0.3) is 5.91 Å². The number of rotatable bonds is 4. The van der Waals surface area contributed by atoms with Gasteiger partial charge in [-0.25, -0.2) is 8.42 Å². The van der Waals surface area contributed by atoms with Crippen molar-refractivity contribution < 1.29 is 18.3 Å². The van der Waals surface area contributed by atoms with Gasteiger partial charge < -0.3 is 10.4 Å². The number of nitrogens with zero attached hydrogens (tertiary/aromatic N) is 1. The maximum Gasteiger partial charge on any atom is 0.265 e. The maximum absolute atomic E-state index is 12.7. The molecule has 8 heteroatoms. The van der Waals surface area contributed by atoms with Gasteiger partial charge in [-0.1, -0.05) is 6.92 Å². The topological polar surface area (TPSA) is 86.7 Å². The largest absolute Gasteiger partial charge is 0.508 e. The molecule has 1 aliphatic heterocycles. The Hall–Kier alpha value is -1.90. The third-order valence-corrected chi connectivity index (χ3v) is 7.10. The number of hydrogen-bond donors (Lipinski definition) is 2. The highest BCUT2D eigenvalue weighted by atomic mass is 32.2. The molecule has 1 aromatic carbocycles. The van der Waals surface area contributed by atoms with Crippen LogP contribution in [0, 0.1) is 5.92 Å². The van der Waals surface area contributed by atoms with Gasteiger partial charge in [0, 0.05) is 24.2 Å². The van der Waals surface area contributed by atoms with Crippen molar-refractivity contribution in [1.82, 2.24) is 4.31 Å². The zero-order valence-electron chi connectivity index (χ0n) is 13.8. The quantitative estimate of drug-likeness (QED) is 0.798. The number of sulfonamides is 1. The number of nitrogens with one attached hydrogen (secondary N) is 1. The number of amides is 1. The van der Waals surface area contributed by atoms with E-state index in [4.69, 9.17) is 0 Å². The summed E-state index contributed by atoms with van der Waals surface area (Å²) in [4.78, 5) is 12.8. The first-order valence-corrected chi connectivity index (χ1v) is 10.4. The lowest BCUT2D eigenvalue weighted by atomic mass is 10.0. The molecule has 25 heavy (non-hydrogen) atoms. The summed E-state index contributed by atoms with van der Waals surface area (Å²) in [6, 6.07) is 7.52. The van der Waals surface area contributed by atoms with Crippen molar-refractivity contribution in [2.75, 3.05) is 18.4 Å². The zero-order chi connectivity index (χ0) is 18.0. The van der Waals surface area contributed by atoms with E-state index in [1.807, 2.05) is 6.92 Å². The highest BCUT2D eigenvalue weighted by Gasteiger charge is 2.30. The first-order chi connectivity index (χ1) is 11.9. The second-order valence-electron chi connectivity index (χ2n) is 6.26. The maximum atomic E-state index is 12.7. The molecule has 2 heterocycles. The first-order valence-electron chi connectivity index (χ1n) is 8.05. The predicted octanol–water partition coefficient (Wildman–Crippen LogP) is 3.13. The summed E-state index contributed by atoms with van der Waals surface area (Å²) in [5, 5.41) is 13.5. The minimum Gasteiger partial charge on any atom is -0.508 e. The van der Waals surface area contributed by atoms with Crippen LogP contribution in [0.5, 0.6) is 5.75 Å². The van der Waals surface area contributed by atoms with E-state index >= 15 is 0 Å². The number of piperidine rings is 1. The fourth-order valence-electron chi connectivity index (χ4n) is 2.82. The molecule has 2 aromatic rings. The van der Waals surface area contributed by atoms with Gasteiger partial charge in [0.2, 0.25) is 10.0 Å². The first kappa shape index (κ1) is 17.9. The van der Waals surface area contributed by atoms with Crippen LogP contribution in [0.3, 0.4) is 0 Å². The van der Waals surface area contributed by atoms with Crippen LogP contribution >= 0.6 is 11.3 Å². The summed E-state index contributed by atoms with van der Waals surface area (Å²) in [6.45, 7) is 3.09. The molecule has 0 aliphatic carbocycles. The number of phenolic OH excluding ortho intramolecular Hbond substituents is 1. The molecule has 1 amide bonds. The Morgan fingerprint density at radius 3 is 2.72 bits per heavy atom. The van der Waals surface area contributed by atoms with E-state index in [-0.39, 0.29) is 16.6 Å². The van der Waals surface area contributed by atoms with Crippen molar-refractivity contribution in [2.45, 2.75) is 24.7 Å². The van der Waals surface area contributed by atoms with Crippen LogP contribution < -0.4 is 5.32 Å². The van der Waals surface area contributed by atoms with Crippen LogP contribution in [0.1, 0.15) is 29.4 Å². The summed E-state index contributed by atoms with van der Waals surface area (Å²) in [5.74, 6) is 0.0850. The Bertz CT molecular complexity index is 859. The highest BCUT2D eigenvalue weighted by Crippen LogP contribution is 2.27. The minimum atomic E-state index is -3.56. The number of phenols is 1. The van der Waals surface area contributed by atoms with Gasteiger partial charge in [0.15, 0.2) is 0 Å². The normalized spacial score (nSPS) is 18.8. The van der Waals surface area contributed by atoms with E-state index in [0.29, 0.717) is 29.6 Å². The molecular formula is C17H20N2O4S2. The van der Waals surface area contributed by atoms with Gasteiger partial charge >= 0.3 is 0 Å². The molecule has 1 aliphatic rings. The summed E-state index contributed by atoms with van der Waals surface area (Å²) < 4.78 is 27.0. The second-order valence-corrected chi connectivity index (χ2v) is 9.11. The molecule has 0 saturated carbocycles. The van der Waals surface area contributed by atoms with Crippen LogP contribution in [-0.2, 0) is 10.0 Å². The van der Waals surface area contributed by atoms with Gasteiger partial charge in [-0.05, 0) is 49.1 Å². The average Bonchev–Trinajstić information content (AvgIpc) is 3.08. The number of carbonyl (C=O) groups excluding carboxylic acids is 1. The standard InChI is InChI=1S/C17H20N2O4S2/c1-12-3-2-8-19(10-12)25(22,23)15-9-16(24-11-15)17(21)18-13-4-6-14(20)7-5-13/h4-7,9,11-12,20H,2-3,8,10H2,1H3,(H,18,21)/t12-/m1/s1. The SMILES string of the molecule is C[C@@H]1CCCN(S(=O)(=O)c2csc(C(=O)Nc3ccc(O)cc3)c2)C1. The van der Waals surface area contributed by atoms with Crippen LogP contribution in [0.4, 0.5) is 5.69 Å². The molecule has 0 unspecified atom stereocenters. The van der Waals surface area contributed by atoms with E-state index in [9.17, 15) is 18.3 Å². The summed E-state index contributed by atoms with van der Waals surface area (Å²) in [6.07, 6.45) is 1.90. The number of hydrogen-bond acceptors (Lipinski definition) is 5. The molecule has 6 nitrogen and oxygen atoms in total. The fraction of sp³-hybridized carbons (Fsp3) is 0.353. The van der Waals surface area contributed by atoms with Gasteiger partial charge in [-0.15, -0.1) is 11.3 Å². The smallest absolute Gasteiger partial charge is 0.265 e. The molecule has 1 aromatic heterocycles. The Kier molecular flexibility index (Phi) is 5.12. The third-order valence-electron chi connectivity index (χ3n) is 4.18. The molecule has 134 valence electrons. The number of thiophene rings is 1. The lowest BCUT2D eigenvalue weighted by Crippen LogP contribution is -2.38. The molecule has 1 saturated heterocycles. The molecule has 3 rings (SSSR count). The van der Waals surface area contributed by atoms with Crippen LogP contribution in [0.25, 0.3) is 0 Å². The van der Waals surface area contributed by atoms with Crippen LogP contribution in [0.15, 0.2) is 40.6 Å². The average molecular weight is 380 g/mol. The van der Waals surface area contributed by atoms with E-state index in [1.54, 1.807) is 12.1 Å². The summed E-state index contributed by atoms with van der Waals surface area (Å²) in [7, 11) is -3.56. The van der Waals surface area contributed by atoms with Gasteiger partial charge in [0.1, 0.15) is 5.75 Å². The Labute approximate surface area is 151 Å². The predicted molar refractivity (Wildman–Crippen MR) is 97.5 cm³/mol. The van der Waals surface area contributed by atoms with Gasteiger partial charge in [0.05, 0.1) is 9.77 Å². The molecule has 2 N–H and O–H groups in total. The van der Waals surface area contributed by atoms with E-state index in [0.717, 1.165) is 24.2 Å². The molecule has 1 atom stereocenters. The zero-order valence-corrected chi connectivity index (χ0v) is 15.4. The Morgan fingerprint density at radius 1 is 1.32 bits per heavy atom. The van der Waals surface area contributed by atoms with Crippen molar-refractivity contribution in [3.05, 3.63) is 40.6 Å². The van der Waals surface area contributed by atoms with Crippen LogP contribution in [0.2, 0.25) is 0 Å². The van der Waals surface area contributed by atoms with E-state index in [2.05, 4.69) is 5.32 Å². The van der Waals surface area contributed by atoms with Crippen molar-refractivity contribution >= 4 is 33.0 Å². The van der Waals surface area contributed by atoms with Crippen molar-refractivity contribution in [1.29, 1.82) is 0 Å². The minimum absolute atomic E-state index is 0.110. The number of carbonyl (C=O) groups is 1. The fourth-order valence-corrected chi connectivity index (χ4v) is 5.58. The summed E-state index contributed by atoms with van der Waals surface area (Å²) in [5.41, 5.74) is 0.533. The highest BCUT2D eigenvalue weighted by molar-refractivity contribution is 7.89. The van der Waals surface area contributed by atoms with Gasteiger partial charge in [-0.2, -0.15) is 4.31 Å². The van der Waals surface area contributed by atoms with Gasteiger partial charge in [-0.3, -0.25) is 4.79 Å². The lowest BCUT2D eigenvalue weighted by Gasteiger charge is -2.29. The lowest BCUT2D eigenvalue weighted by molar-refractivity contribution is 0.103. The van der Waals surface area contributed by atoms with Crippen LogP contribution in [-0.4, -0.2) is 36.8 Å². The monoisotopic (exact) mass is 380 g/mol. The molecule has 1 fully saturated rings. The van der Waals surface area contributed by atoms with Crippen molar-refractivity contribution in [3.8, 4) is 5.75 Å². The Balaban J connectivity index is 1.75. The molecule has 0 spiro atoms. The van der Waals surface area contributed by atoms with E-state index < -0.39 is 10.0 Å². The molecular weight excluding hydrogens is 360 g/mol. The van der Waals surface area contributed by atoms with E-state index in [1.165, 1.54) is 27.9 Å². The molecule has 0 radical (unpaired) electrons. The Morgan fingerprint density at radius 2 is 2.04 bits per heavy atom. The summed E-state index contributed by atoms with van der Waals surface area (Å²) >= 11 is 1.10. The third kappa shape index (κ3) is 4.02. The molecule has 0 bridgehead atoms. The number of benzene rings is 1. The number of anilines is 1. The van der Waals surface area contributed by atoms with Crippen molar-refractivity contribution in [2.24, 2.45) is 5.92 Å². The second kappa shape index (κ2) is 7.15.